The fraction of sp³-hybridized carbons (Fsp3) is 0.417. The molecule has 17 heavy (non-hydrogen) atoms. The molecule has 2 rings (SSSR count). The van der Waals surface area contributed by atoms with Crippen molar-refractivity contribution < 1.29 is 9.18 Å². The van der Waals surface area contributed by atoms with Crippen LogP contribution in [0.3, 0.4) is 0 Å². The molecule has 5 heteroatoms. The normalized spacial score (nSPS) is 16.1. The summed E-state index contributed by atoms with van der Waals surface area (Å²) in [6.45, 7) is 4.41. The molecule has 3 nitrogen and oxygen atoms in total. The van der Waals surface area contributed by atoms with Crippen LogP contribution in [0.1, 0.15) is 15.9 Å². The lowest BCUT2D eigenvalue weighted by Crippen LogP contribution is -2.46. The zero-order chi connectivity index (χ0) is 12.4. The summed E-state index contributed by atoms with van der Waals surface area (Å²) in [6, 6.07) is 2.72. The van der Waals surface area contributed by atoms with Crippen molar-refractivity contribution in [1.82, 2.24) is 10.2 Å². The van der Waals surface area contributed by atoms with Gasteiger partial charge in [0.1, 0.15) is 5.82 Å². The van der Waals surface area contributed by atoms with Gasteiger partial charge in [0.05, 0.1) is 10.6 Å². The lowest BCUT2D eigenvalue weighted by molar-refractivity contribution is 0.0735. The summed E-state index contributed by atoms with van der Waals surface area (Å²) in [5, 5.41) is 3.47. The van der Waals surface area contributed by atoms with Crippen molar-refractivity contribution >= 4 is 17.5 Å². The van der Waals surface area contributed by atoms with Gasteiger partial charge in [0, 0.05) is 26.2 Å². The summed E-state index contributed by atoms with van der Waals surface area (Å²) < 4.78 is 13.4. The first kappa shape index (κ1) is 12.3. The van der Waals surface area contributed by atoms with Gasteiger partial charge >= 0.3 is 0 Å². The van der Waals surface area contributed by atoms with Crippen LogP contribution in [-0.4, -0.2) is 37.0 Å². The van der Waals surface area contributed by atoms with Crippen molar-refractivity contribution in [2.75, 3.05) is 26.2 Å². The number of benzene rings is 1. The molecule has 92 valence electrons. The first-order chi connectivity index (χ1) is 8.09. The number of piperazine rings is 1. The Balaban J connectivity index is 2.26. The molecule has 1 saturated heterocycles. The summed E-state index contributed by atoms with van der Waals surface area (Å²) in [6.07, 6.45) is 0. The van der Waals surface area contributed by atoms with E-state index in [2.05, 4.69) is 5.32 Å². The number of amides is 1. The summed E-state index contributed by atoms with van der Waals surface area (Å²) in [7, 11) is 0. The molecule has 0 bridgehead atoms. The molecular formula is C12H14ClFN2O. The lowest BCUT2D eigenvalue weighted by atomic mass is 10.1. The van der Waals surface area contributed by atoms with E-state index in [0.29, 0.717) is 23.7 Å². The van der Waals surface area contributed by atoms with Crippen LogP contribution in [0.15, 0.2) is 12.1 Å². The second-order valence-electron chi connectivity index (χ2n) is 4.12. The highest BCUT2D eigenvalue weighted by Gasteiger charge is 2.21. The predicted octanol–water partition coefficient (Wildman–Crippen LogP) is 1.83. The Labute approximate surface area is 105 Å². The van der Waals surface area contributed by atoms with Crippen molar-refractivity contribution in [3.05, 3.63) is 34.1 Å². The molecule has 1 fully saturated rings. The molecule has 1 aromatic carbocycles. The predicted molar refractivity (Wildman–Crippen MR) is 64.9 cm³/mol. The summed E-state index contributed by atoms with van der Waals surface area (Å²) >= 11 is 5.99. The molecule has 0 aromatic heterocycles. The number of aryl methyl sites for hydroxylation is 1. The maximum absolute atomic E-state index is 13.4. The zero-order valence-electron chi connectivity index (χ0n) is 9.59. The molecule has 0 unspecified atom stereocenters. The average Bonchev–Trinajstić information content (AvgIpc) is 2.34. The van der Waals surface area contributed by atoms with Crippen LogP contribution < -0.4 is 5.32 Å². The van der Waals surface area contributed by atoms with Gasteiger partial charge in [-0.3, -0.25) is 4.79 Å². The van der Waals surface area contributed by atoms with E-state index in [1.165, 1.54) is 12.1 Å². The van der Waals surface area contributed by atoms with E-state index in [1.807, 2.05) is 0 Å². The number of rotatable bonds is 1. The molecule has 1 aromatic rings. The van der Waals surface area contributed by atoms with Gasteiger partial charge in [-0.05, 0) is 24.6 Å². The summed E-state index contributed by atoms with van der Waals surface area (Å²) in [5.41, 5.74) is 0.698. The van der Waals surface area contributed by atoms with Gasteiger partial charge in [-0.25, -0.2) is 4.39 Å². The van der Waals surface area contributed by atoms with Gasteiger partial charge in [-0.15, -0.1) is 0 Å². The number of carbonyl (C=O) groups excluding carboxylic acids is 1. The van der Waals surface area contributed by atoms with Crippen molar-refractivity contribution in [2.45, 2.75) is 6.92 Å². The first-order valence-corrected chi connectivity index (χ1v) is 5.93. The Morgan fingerprint density at radius 2 is 2.06 bits per heavy atom. The topological polar surface area (TPSA) is 32.3 Å². The highest BCUT2D eigenvalue weighted by molar-refractivity contribution is 6.33. The number of hydrogen-bond donors (Lipinski definition) is 1. The largest absolute Gasteiger partial charge is 0.336 e. The van der Waals surface area contributed by atoms with E-state index in [4.69, 9.17) is 11.6 Å². The second-order valence-corrected chi connectivity index (χ2v) is 4.53. The minimum atomic E-state index is -0.395. The fourth-order valence-corrected chi connectivity index (χ4v) is 2.15. The number of halogens is 2. The molecule has 0 spiro atoms. The van der Waals surface area contributed by atoms with Gasteiger partial charge in [0.2, 0.25) is 0 Å². The zero-order valence-corrected chi connectivity index (χ0v) is 10.4. The van der Waals surface area contributed by atoms with Crippen LogP contribution >= 0.6 is 11.6 Å². The monoisotopic (exact) mass is 256 g/mol. The Kier molecular flexibility index (Phi) is 3.64. The molecule has 1 aliphatic rings. The van der Waals surface area contributed by atoms with E-state index in [0.717, 1.165) is 13.1 Å². The van der Waals surface area contributed by atoms with Crippen LogP contribution in [0, 0.1) is 12.7 Å². The van der Waals surface area contributed by atoms with Crippen molar-refractivity contribution in [3.8, 4) is 0 Å². The number of carbonyl (C=O) groups is 1. The number of hydrogen-bond acceptors (Lipinski definition) is 2. The van der Waals surface area contributed by atoms with Gasteiger partial charge in [-0.1, -0.05) is 11.6 Å². The maximum Gasteiger partial charge on any atom is 0.255 e. The smallest absolute Gasteiger partial charge is 0.255 e. The van der Waals surface area contributed by atoms with E-state index in [-0.39, 0.29) is 11.5 Å². The Bertz CT molecular complexity index is 444. The van der Waals surface area contributed by atoms with Crippen LogP contribution in [0.4, 0.5) is 4.39 Å². The quantitative estimate of drug-likeness (QED) is 0.832. The minimum Gasteiger partial charge on any atom is -0.336 e. The second kappa shape index (κ2) is 5.02. The Morgan fingerprint density at radius 3 is 2.71 bits per heavy atom. The highest BCUT2D eigenvalue weighted by atomic mass is 35.5. The van der Waals surface area contributed by atoms with Gasteiger partial charge < -0.3 is 10.2 Å². The Morgan fingerprint density at radius 1 is 1.41 bits per heavy atom. The van der Waals surface area contributed by atoms with Crippen LogP contribution in [0.2, 0.25) is 5.02 Å². The number of nitrogens with zero attached hydrogens (tertiary/aromatic N) is 1. The molecule has 0 atom stereocenters. The lowest BCUT2D eigenvalue weighted by Gasteiger charge is -2.27. The van der Waals surface area contributed by atoms with Crippen molar-refractivity contribution in [1.29, 1.82) is 0 Å². The van der Waals surface area contributed by atoms with Crippen LogP contribution in [0.25, 0.3) is 0 Å². The third-order valence-corrected chi connectivity index (χ3v) is 3.20. The summed E-state index contributed by atoms with van der Waals surface area (Å²) in [4.78, 5) is 13.8. The highest BCUT2D eigenvalue weighted by Crippen LogP contribution is 2.22. The molecule has 0 radical (unpaired) electrons. The SMILES string of the molecule is Cc1cc(Cl)c(C(=O)N2CCNCC2)cc1F. The van der Waals surface area contributed by atoms with Gasteiger partial charge in [0.25, 0.3) is 5.91 Å². The van der Waals surface area contributed by atoms with Gasteiger partial charge in [0.15, 0.2) is 0 Å². The molecule has 0 aliphatic carbocycles. The number of nitrogens with one attached hydrogen (secondary N) is 1. The van der Waals surface area contributed by atoms with E-state index in [9.17, 15) is 9.18 Å². The van der Waals surface area contributed by atoms with E-state index in [1.54, 1.807) is 11.8 Å². The van der Waals surface area contributed by atoms with Crippen molar-refractivity contribution in [3.63, 3.8) is 0 Å². The van der Waals surface area contributed by atoms with Crippen LogP contribution in [-0.2, 0) is 0 Å². The maximum atomic E-state index is 13.4. The molecule has 1 aliphatic heterocycles. The van der Waals surface area contributed by atoms with Crippen molar-refractivity contribution in [2.24, 2.45) is 0 Å². The average molecular weight is 257 g/mol. The first-order valence-electron chi connectivity index (χ1n) is 5.55. The molecule has 0 saturated carbocycles. The molecule has 1 heterocycles. The van der Waals surface area contributed by atoms with Gasteiger partial charge in [-0.2, -0.15) is 0 Å². The standard InChI is InChI=1S/C12H14ClFN2O/c1-8-6-10(13)9(7-11(8)14)12(17)16-4-2-15-3-5-16/h6-7,15H,2-5H2,1H3. The van der Waals surface area contributed by atoms with E-state index < -0.39 is 5.82 Å². The van der Waals surface area contributed by atoms with E-state index >= 15 is 0 Å². The van der Waals surface area contributed by atoms with Crippen LogP contribution in [0.5, 0.6) is 0 Å². The molecule has 1 amide bonds. The third kappa shape index (κ3) is 2.58. The fourth-order valence-electron chi connectivity index (χ4n) is 1.85. The summed E-state index contributed by atoms with van der Waals surface area (Å²) in [5.74, 6) is -0.594. The minimum absolute atomic E-state index is 0.199. The molecule has 1 N–H and O–H groups in total. The third-order valence-electron chi connectivity index (χ3n) is 2.88. The molecular weight excluding hydrogens is 243 g/mol. The Hall–Kier alpha value is -1.13.